The molecule has 0 atom stereocenters. The van der Waals surface area contributed by atoms with Crippen molar-refractivity contribution in [3.8, 4) is 22.6 Å². The maximum atomic E-state index is 12.1. The summed E-state index contributed by atoms with van der Waals surface area (Å²) >= 11 is 3.54. The highest BCUT2D eigenvalue weighted by molar-refractivity contribution is 9.10. The molecule has 2 aromatic heterocycles. The number of ether oxygens (including phenoxy) is 2. The SMILES string of the molecule is COc1cc(Br)c(-c2c(C)nn3c(=O)[nH]c(C)nc23)cc1OC. The van der Waals surface area contributed by atoms with Gasteiger partial charge in [-0.05, 0) is 26.0 Å². The molecule has 1 N–H and O–H groups in total. The molecule has 3 rings (SSSR count). The summed E-state index contributed by atoms with van der Waals surface area (Å²) < 4.78 is 12.7. The number of benzene rings is 1. The van der Waals surface area contributed by atoms with E-state index in [4.69, 9.17) is 9.47 Å². The number of halogens is 1. The highest BCUT2D eigenvalue weighted by Crippen LogP contribution is 2.40. The standard InChI is InChI=1S/C15H15BrN4O3/c1-7-13(14-17-8(2)18-15(21)20(14)19-7)9-5-11(22-3)12(23-4)6-10(9)16/h5-6H,1-4H3,(H,17,18,21). The van der Waals surface area contributed by atoms with Crippen molar-refractivity contribution in [3.05, 3.63) is 38.6 Å². The normalized spacial score (nSPS) is 11.0. The van der Waals surface area contributed by atoms with E-state index >= 15 is 0 Å². The van der Waals surface area contributed by atoms with Crippen LogP contribution < -0.4 is 15.2 Å². The Labute approximate surface area is 140 Å². The Morgan fingerprint density at radius 3 is 2.48 bits per heavy atom. The number of H-pyrrole nitrogens is 1. The van der Waals surface area contributed by atoms with E-state index in [1.807, 2.05) is 19.1 Å². The molecule has 0 saturated carbocycles. The van der Waals surface area contributed by atoms with Crippen molar-refractivity contribution in [1.82, 2.24) is 19.6 Å². The summed E-state index contributed by atoms with van der Waals surface area (Å²) in [6.45, 7) is 3.57. The van der Waals surface area contributed by atoms with Crippen LogP contribution in [0.1, 0.15) is 11.5 Å². The largest absolute Gasteiger partial charge is 0.493 e. The lowest BCUT2D eigenvalue weighted by Crippen LogP contribution is -2.19. The van der Waals surface area contributed by atoms with Crippen molar-refractivity contribution >= 4 is 21.6 Å². The molecule has 2 heterocycles. The first-order valence-corrected chi connectivity index (χ1v) is 7.63. The fourth-order valence-corrected chi connectivity index (χ4v) is 3.04. The molecule has 8 heteroatoms. The van der Waals surface area contributed by atoms with E-state index in [9.17, 15) is 4.79 Å². The molecule has 0 aliphatic heterocycles. The fraction of sp³-hybridized carbons (Fsp3) is 0.267. The fourth-order valence-electron chi connectivity index (χ4n) is 2.52. The number of fused-ring (bicyclic) bond motifs is 1. The highest BCUT2D eigenvalue weighted by Gasteiger charge is 2.20. The first-order valence-electron chi connectivity index (χ1n) is 6.84. The van der Waals surface area contributed by atoms with Crippen LogP contribution >= 0.6 is 15.9 Å². The Morgan fingerprint density at radius 2 is 1.83 bits per heavy atom. The summed E-state index contributed by atoms with van der Waals surface area (Å²) in [6.07, 6.45) is 0. The summed E-state index contributed by atoms with van der Waals surface area (Å²) in [6, 6.07) is 3.66. The molecule has 7 nitrogen and oxygen atoms in total. The van der Waals surface area contributed by atoms with Crippen LogP contribution in [0, 0.1) is 13.8 Å². The second kappa shape index (κ2) is 5.69. The van der Waals surface area contributed by atoms with Crippen molar-refractivity contribution in [2.24, 2.45) is 0 Å². The Morgan fingerprint density at radius 1 is 1.17 bits per heavy atom. The molecule has 3 aromatic rings. The third-order valence-corrected chi connectivity index (χ3v) is 4.19. The number of aryl methyl sites for hydroxylation is 2. The van der Waals surface area contributed by atoms with Crippen LogP contribution in [0.25, 0.3) is 16.8 Å². The van der Waals surface area contributed by atoms with Gasteiger partial charge in [-0.25, -0.2) is 9.78 Å². The molecule has 120 valence electrons. The summed E-state index contributed by atoms with van der Waals surface area (Å²) in [4.78, 5) is 19.1. The van der Waals surface area contributed by atoms with Gasteiger partial charge in [0.1, 0.15) is 5.82 Å². The lowest BCUT2D eigenvalue weighted by molar-refractivity contribution is 0.355. The van der Waals surface area contributed by atoms with Crippen LogP contribution in [0.5, 0.6) is 11.5 Å². The summed E-state index contributed by atoms with van der Waals surface area (Å²) in [5.41, 5.74) is 2.47. The van der Waals surface area contributed by atoms with Gasteiger partial charge < -0.3 is 9.47 Å². The highest BCUT2D eigenvalue weighted by atomic mass is 79.9. The van der Waals surface area contributed by atoms with Crippen molar-refractivity contribution in [2.75, 3.05) is 14.2 Å². The molecular weight excluding hydrogens is 364 g/mol. The minimum atomic E-state index is -0.321. The molecule has 0 radical (unpaired) electrons. The van der Waals surface area contributed by atoms with Gasteiger partial charge in [-0.2, -0.15) is 9.61 Å². The average molecular weight is 379 g/mol. The van der Waals surface area contributed by atoms with E-state index < -0.39 is 0 Å². The van der Waals surface area contributed by atoms with Gasteiger partial charge in [0.2, 0.25) is 0 Å². The molecule has 0 aliphatic rings. The number of nitrogens with one attached hydrogen (secondary N) is 1. The van der Waals surface area contributed by atoms with Gasteiger partial charge >= 0.3 is 5.69 Å². The van der Waals surface area contributed by atoms with Gasteiger partial charge in [0.25, 0.3) is 0 Å². The maximum Gasteiger partial charge on any atom is 0.349 e. The van der Waals surface area contributed by atoms with Crippen molar-refractivity contribution in [2.45, 2.75) is 13.8 Å². The lowest BCUT2D eigenvalue weighted by Gasteiger charge is -2.11. The van der Waals surface area contributed by atoms with E-state index in [1.54, 1.807) is 21.1 Å². The van der Waals surface area contributed by atoms with Gasteiger partial charge in [-0.3, -0.25) is 4.98 Å². The van der Waals surface area contributed by atoms with Crippen LogP contribution in [-0.2, 0) is 0 Å². The topological polar surface area (TPSA) is 81.5 Å². The van der Waals surface area contributed by atoms with Crippen LogP contribution in [0.4, 0.5) is 0 Å². The maximum absolute atomic E-state index is 12.1. The number of rotatable bonds is 3. The van der Waals surface area contributed by atoms with Crippen molar-refractivity contribution < 1.29 is 9.47 Å². The van der Waals surface area contributed by atoms with Crippen LogP contribution in [0.2, 0.25) is 0 Å². The third-order valence-electron chi connectivity index (χ3n) is 3.53. The zero-order valence-electron chi connectivity index (χ0n) is 13.1. The summed E-state index contributed by atoms with van der Waals surface area (Å²) in [5.74, 6) is 1.73. The van der Waals surface area contributed by atoms with E-state index in [0.717, 1.165) is 15.6 Å². The lowest BCUT2D eigenvalue weighted by atomic mass is 10.1. The number of hydrogen-bond acceptors (Lipinski definition) is 5. The van der Waals surface area contributed by atoms with Crippen LogP contribution in [-0.4, -0.2) is 33.8 Å². The second-order valence-corrected chi connectivity index (χ2v) is 5.86. The quantitative estimate of drug-likeness (QED) is 0.756. The van der Waals surface area contributed by atoms with Gasteiger partial charge in [-0.1, -0.05) is 15.9 Å². The van der Waals surface area contributed by atoms with Gasteiger partial charge in [0, 0.05) is 10.0 Å². The molecule has 0 amide bonds. The smallest absolute Gasteiger partial charge is 0.349 e. The van der Waals surface area contributed by atoms with Gasteiger partial charge in [0.15, 0.2) is 17.1 Å². The monoisotopic (exact) mass is 378 g/mol. The molecular formula is C15H15BrN4O3. The molecule has 23 heavy (non-hydrogen) atoms. The zero-order valence-corrected chi connectivity index (χ0v) is 14.7. The van der Waals surface area contributed by atoms with Gasteiger partial charge in [0.05, 0.1) is 25.5 Å². The minimum Gasteiger partial charge on any atom is -0.493 e. The first-order chi connectivity index (χ1) is 11.0. The zero-order chi connectivity index (χ0) is 16.7. The van der Waals surface area contributed by atoms with E-state index in [2.05, 4.69) is 31.0 Å². The van der Waals surface area contributed by atoms with E-state index in [-0.39, 0.29) is 5.69 Å². The van der Waals surface area contributed by atoms with Crippen molar-refractivity contribution in [3.63, 3.8) is 0 Å². The predicted molar refractivity (Wildman–Crippen MR) is 89.3 cm³/mol. The Bertz CT molecular complexity index is 961. The Balaban J connectivity index is 2.37. The Kier molecular flexibility index (Phi) is 3.85. The predicted octanol–water partition coefficient (Wildman–Crippen LogP) is 2.48. The van der Waals surface area contributed by atoms with E-state index in [1.165, 1.54) is 4.52 Å². The number of methoxy groups -OCH3 is 2. The molecule has 0 spiro atoms. The molecule has 0 fully saturated rings. The average Bonchev–Trinajstić information content (AvgIpc) is 2.83. The van der Waals surface area contributed by atoms with E-state index in [0.29, 0.717) is 28.7 Å². The number of aromatic amines is 1. The number of aromatic nitrogens is 4. The third kappa shape index (κ3) is 2.48. The minimum absolute atomic E-state index is 0.321. The molecule has 0 bridgehead atoms. The van der Waals surface area contributed by atoms with Crippen molar-refractivity contribution in [1.29, 1.82) is 0 Å². The van der Waals surface area contributed by atoms with Crippen LogP contribution in [0.3, 0.4) is 0 Å². The Hall–Kier alpha value is -2.35. The molecule has 0 saturated heterocycles. The number of hydrogen-bond donors (Lipinski definition) is 1. The summed E-state index contributed by atoms with van der Waals surface area (Å²) in [7, 11) is 3.15. The second-order valence-electron chi connectivity index (χ2n) is 5.01. The molecule has 1 aromatic carbocycles. The van der Waals surface area contributed by atoms with Gasteiger partial charge in [-0.15, -0.1) is 0 Å². The van der Waals surface area contributed by atoms with Crippen LogP contribution in [0.15, 0.2) is 21.4 Å². The first kappa shape index (κ1) is 15.5. The number of nitrogens with zero attached hydrogens (tertiary/aromatic N) is 3. The molecule has 0 aliphatic carbocycles. The molecule has 0 unspecified atom stereocenters. The summed E-state index contributed by atoms with van der Waals surface area (Å²) in [5, 5.41) is 4.29.